The Bertz CT molecular complexity index is 422. The summed E-state index contributed by atoms with van der Waals surface area (Å²) in [5.41, 5.74) is 0.837. The largest absolute Gasteiger partial charge is 0.496 e. The van der Waals surface area contributed by atoms with Gasteiger partial charge in [0.25, 0.3) is 0 Å². The van der Waals surface area contributed by atoms with Crippen LogP contribution in [0.5, 0.6) is 5.75 Å². The first kappa shape index (κ1) is 13.0. The van der Waals surface area contributed by atoms with Crippen LogP contribution in [-0.4, -0.2) is 31.4 Å². The van der Waals surface area contributed by atoms with Crippen LogP contribution in [-0.2, 0) is 11.3 Å². The molecule has 0 N–H and O–H groups in total. The van der Waals surface area contributed by atoms with E-state index in [9.17, 15) is 9.18 Å². The Morgan fingerprint density at radius 1 is 1.56 bits per heavy atom. The van der Waals surface area contributed by atoms with Crippen LogP contribution in [0.25, 0.3) is 0 Å². The van der Waals surface area contributed by atoms with Gasteiger partial charge in [0.1, 0.15) is 17.9 Å². The molecular weight excluding hydrogens is 233 g/mol. The van der Waals surface area contributed by atoms with Crippen molar-refractivity contribution in [3.63, 3.8) is 0 Å². The minimum Gasteiger partial charge on any atom is -0.496 e. The molecule has 0 aromatic heterocycles. The van der Waals surface area contributed by atoms with E-state index in [-0.39, 0.29) is 11.7 Å². The number of ether oxygens (including phenoxy) is 1. The fourth-order valence-corrected chi connectivity index (χ4v) is 2.46. The first-order valence-corrected chi connectivity index (χ1v) is 6.23. The van der Waals surface area contributed by atoms with E-state index >= 15 is 0 Å². The number of carbonyl (C=O) groups excluding carboxylic acids is 1. The van der Waals surface area contributed by atoms with Gasteiger partial charge in [-0.05, 0) is 37.6 Å². The van der Waals surface area contributed by atoms with Crippen LogP contribution in [0.1, 0.15) is 18.4 Å². The van der Waals surface area contributed by atoms with Crippen LogP contribution >= 0.6 is 0 Å². The van der Waals surface area contributed by atoms with Crippen molar-refractivity contribution in [1.29, 1.82) is 0 Å². The van der Waals surface area contributed by atoms with Crippen LogP contribution in [0.3, 0.4) is 0 Å². The minimum atomic E-state index is -0.255. The molecule has 18 heavy (non-hydrogen) atoms. The van der Waals surface area contributed by atoms with E-state index in [1.807, 2.05) is 0 Å². The van der Waals surface area contributed by atoms with Crippen LogP contribution < -0.4 is 4.74 Å². The number of hydrogen-bond acceptors (Lipinski definition) is 3. The molecule has 1 fully saturated rings. The molecule has 1 aromatic rings. The third kappa shape index (κ3) is 3.07. The predicted molar refractivity (Wildman–Crippen MR) is 67.0 cm³/mol. The second-order valence-corrected chi connectivity index (χ2v) is 4.73. The number of benzene rings is 1. The Balaban J connectivity index is 2.08. The van der Waals surface area contributed by atoms with Gasteiger partial charge in [0, 0.05) is 24.6 Å². The zero-order chi connectivity index (χ0) is 13.0. The second kappa shape index (κ2) is 5.96. The monoisotopic (exact) mass is 251 g/mol. The van der Waals surface area contributed by atoms with Crippen LogP contribution in [0.2, 0.25) is 0 Å². The highest BCUT2D eigenvalue weighted by molar-refractivity contribution is 5.54. The predicted octanol–water partition coefficient (Wildman–Crippen LogP) is 2.25. The number of hydrogen-bond donors (Lipinski definition) is 0. The second-order valence-electron chi connectivity index (χ2n) is 4.73. The third-order valence-electron chi connectivity index (χ3n) is 3.37. The number of methoxy groups -OCH3 is 1. The molecule has 0 amide bonds. The van der Waals surface area contributed by atoms with Gasteiger partial charge in [-0.2, -0.15) is 0 Å². The molecule has 0 radical (unpaired) electrons. The molecule has 4 heteroatoms. The van der Waals surface area contributed by atoms with Gasteiger partial charge in [-0.1, -0.05) is 0 Å². The van der Waals surface area contributed by atoms with E-state index in [1.165, 1.54) is 12.1 Å². The molecule has 1 atom stereocenters. The topological polar surface area (TPSA) is 29.5 Å². The number of likely N-dealkylation sites (tertiary alicyclic amines) is 1. The SMILES string of the molecule is COc1ccc(F)cc1CN1CCCC(C=O)C1. The molecular formula is C14H18FNO2. The average Bonchev–Trinajstić information content (AvgIpc) is 2.39. The van der Waals surface area contributed by atoms with E-state index in [2.05, 4.69) is 4.90 Å². The van der Waals surface area contributed by atoms with Gasteiger partial charge >= 0.3 is 0 Å². The fourth-order valence-electron chi connectivity index (χ4n) is 2.46. The number of carbonyl (C=O) groups is 1. The maximum atomic E-state index is 13.3. The molecule has 1 saturated heterocycles. The fraction of sp³-hybridized carbons (Fsp3) is 0.500. The van der Waals surface area contributed by atoms with Crippen molar-refractivity contribution < 1.29 is 13.9 Å². The summed E-state index contributed by atoms with van der Waals surface area (Å²) in [6.45, 7) is 2.33. The van der Waals surface area contributed by atoms with Crippen molar-refractivity contribution in [3.05, 3.63) is 29.6 Å². The van der Waals surface area contributed by atoms with E-state index in [0.29, 0.717) is 12.3 Å². The molecule has 1 unspecified atom stereocenters. The van der Waals surface area contributed by atoms with Gasteiger partial charge in [-0.3, -0.25) is 4.90 Å². The molecule has 1 aromatic carbocycles. The Morgan fingerprint density at radius 2 is 2.39 bits per heavy atom. The third-order valence-corrected chi connectivity index (χ3v) is 3.37. The van der Waals surface area contributed by atoms with Crippen LogP contribution in [0.4, 0.5) is 4.39 Å². The summed E-state index contributed by atoms with van der Waals surface area (Å²) in [5, 5.41) is 0. The molecule has 1 aliphatic heterocycles. The number of rotatable bonds is 4. The summed E-state index contributed by atoms with van der Waals surface area (Å²) in [6.07, 6.45) is 3.00. The van der Waals surface area contributed by atoms with E-state index in [0.717, 1.165) is 37.8 Å². The lowest BCUT2D eigenvalue weighted by Gasteiger charge is -2.30. The molecule has 98 valence electrons. The Kier molecular flexibility index (Phi) is 4.31. The lowest BCUT2D eigenvalue weighted by molar-refractivity contribution is -0.112. The maximum Gasteiger partial charge on any atom is 0.124 e. The maximum absolute atomic E-state index is 13.3. The minimum absolute atomic E-state index is 0.110. The van der Waals surface area contributed by atoms with Gasteiger partial charge in [-0.25, -0.2) is 4.39 Å². The highest BCUT2D eigenvalue weighted by Gasteiger charge is 2.20. The molecule has 2 rings (SSSR count). The Morgan fingerprint density at radius 3 is 3.11 bits per heavy atom. The highest BCUT2D eigenvalue weighted by Crippen LogP contribution is 2.23. The summed E-state index contributed by atoms with van der Waals surface area (Å²) in [7, 11) is 1.58. The van der Waals surface area contributed by atoms with Gasteiger partial charge < -0.3 is 9.53 Å². The molecule has 3 nitrogen and oxygen atoms in total. The van der Waals surface area contributed by atoms with Crippen molar-refractivity contribution in [1.82, 2.24) is 4.90 Å². The molecule has 1 heterocycles. The van der Waals surface area contributed by atoms with Crippen molar-refractivity contribution >= 4 is 6.29 Å². The zero-order valence-corrected chi connectivity index (χ0v) is 10.6. The Labute approximate surface area is 107 Å². The lowest BCUT2D eigenvalue weighted by atomic mass is 9.99. The smallest absolute Gasteiger partial charge is 0.124 e. The van der Waals surface area contributed by atoms with Gasteiger partial charge in [-0.15, -0.1) is 0 Å². The summed E-state index contributed by atoms with van der Waals surface area (Å²) in [4.78, 5) is 13.0. The van der Waals surface area contributed by atoms with Crippen molar-refractivity contribution in [2.75, 3.05) is 20.2 Å². The zero-order valence-electron chi connectivity index (χ0n) is 10.6. The molecule has 0 aliphatic carbocycles. The average molecular weight is 251 g/mol. The van der Waals surface area contributed by atoms with Crippen LogP contribution in [0, 0.1) is 11.7 Å². The molecule has 1 aliphatic rings. The molecule has 0 saturated carbocycles. The van der Waals surface area contributed by atoms with Crippen molar-refractivity contribution in [2.24, 2.45) is 5.92 Å². The van der Waals surface area contributed by atoms with Crippen LogP contribution in [0.15, 0.2) is 18.2 Å². The standard InChI is InChI=1S/C14H18FNO2/c1-18-14-5-4-13(15)7-12(14)9-16-6-2-3-11(8-16)10-17/h4-5,7,10-11H,2-3,6,8-9H2,1H3. The normalized spacial score (nSPS) is 20.7. The summed E-state index contributed by atoms with van der Waals surface area (Å²) < 4.78 is 18.5. The van der Waals surface area contributed by atoms with E-state index < -0.39 is 0 Å². The Hall–Kier alpha value is -1.42. The van der Waals surface area contributed by atoms with Crippen molar-refractivity contribution in [3.8, 4) is 5.75 Å². The van der Waals surface area contributed by atoms with Gasteiger partial charge in [0.2, 0.25) is 0 Å². The van der Waals surface area contributed by atoms with E-state index in [1.54, 1.807) is 13.2 Å². The first-order valence-electron chi connectivity index (χ1n) is 6.23. The number of halogens is 1. The summed E-state index contributed by atoms with van der Waals surface area (Å²) >= 11 is 0. The van der Waals surface area contributed by atoms with Crippen molar-refractivity contribution in [2.45, 2.75) is 19.4 Å². The quantitative estimate of drug-likeness (QED) is 0.769. The first-order chi connectivity index (χ1) is 8.72. The molecule has 0 spiro atoms. The van der Waals surface area contributed by atoms with Gasteiger partial charge in [0.05, 0.1) is 7.11 Å². The number of nitrogens with zero attached hydrogens (tertiary/aromatic N) is 1. The summed E-state index contributed by atoms with van der Waals surface area (Å²) in [6, 6.07) is 4.54. The summed E-state index contributed by atoms with van der Waals surface area (Å²) in [5.74, 6) is 0.553. The lowest BCUT2D eigenvalue weighted by Crippen LogP contribution is -2.35. The number of piperidine rings is 1. The highest BCUT2D eigenvalue weighted by atomic mass is 19.1. The molecule has 0 bridgehead atoms. The van der Waals surface area contributed by atoms with Gasteiger partial charge in [0.15, 0.2) is 0 Å². The van der Waals surface area contributed by atoms with E-state index in [4.69, 9.17) is 4.74 Å². The number of aldehydes is 1.